The standard InChI is InChI=1S/C14H17ClIN5O.C10H15IN2O.C4H3Cl2N3/c1-21(5-6-22-2)12-4-3-9(16)7-11(12)19-13-10(15)8-18-14(17)20-13;1-13(5-6-14-2)10-4-3-8(11)7-9(10)12;5-2-1-8-4(7)9-3(2)6/h3-4,7-8H,5-6H2,1-2H3,(H3,17,18,19,20);3-4,7H,5-6,12H2,1-2H3;1H,(H2,7,8,9). The summed E-state index contributed by atoms with van der Waals surface area (Å²) in [5.74, 6) is 0.786. The minimum absolute atomic E-state index is 0.129. The monoisotopic (exact) mass is 902 g/mol. The highest BCUT2D eigenvalue weighted by Gasteiger charge is 2.12. The summed E-state index contributed by atoms with van der Waals surface area (Å²) in [6, 6.07) is 12.2. The third-order valence-electron chi connectivity index (χ3n) is 5.77. The number of methoxy groups -OCH3 is 2. The van der Waals surface area contributed by atoms with E-state index in [9.17, 15) is 0 Å². The van der Waals surface area contributed by atoms with Crippen molar-refractivity contribution in [2.24, 2.45) is 0 Å². The first kappa shape index (κ1) is 38.8. The molecule has 0 saturated heterocycles. The number of benzene rings is 2. The van der Waals surface area contributed by atoms with Crippen molar-refractivity contribution in [2.75, 3.05) is 86.9 Å². The van der Waals surface area contributed by atoms with E-state index < -0.39 is 0 Å². The zero-order valence-corrected chi connectivity index (χ0v) is 31.7. The van der Waals surface area contributed by atoms with E-state index in [2.05, 4.69) is 86.3 Å². The molecule has 0 unspecified atom stereocenters. The fourth-order valence-corrected chi connectivity index (χ4v) is 4.84. The van der Waals surface area contributed by atoms with Crippen molar-refractivity contribution in [3.8, 4) is 0 Å². The van der Waals surface area contributed by atoms with Crippen molar-refractivity contribution >= 4 is 120 Å². The van der Waals surface area contributed by atoms with Gasteiger partial charge in [0.25, 0.3) is 0 Å². The molecule has 2 aromatic carbocycles. The summed E-state index contributed by atoms with van der Waals surface area (Å²) in [5, 5.41) is 4.14. The first-order chi connectivity index (χ1) is 21.4. The SMILES string of the molecule is COCCN(C)c1ccc(I)cc1N.COCCN(C)c1ccc(I)cc1Nc1nc(N)ncc1Cl.Nc1ncc(Cl)c(Cl)n1. The zero-order valence-electron chi connectivity index (χ0n) is 25.1. The highest BCUT2D eigenvalue weighted by molar-refractivity contribution is 14.1. The summed E-state index contributed by atoms with van der Waals surface area (Å²) in [7, 11) is 7.40. The van der Waals surface area contributed by atoms with Gasteiger partial charge in [-0.25, -0.2) is 9.97 Å². The number of anilines is 7. The van der Waals surface area contributed by atoms with Crippen LogP contribution in [0.5, 0.6) is 0 Å². The van der Waals surface area contributed by atoms with E-state index in [-0.39, 0.29) is 17.0 Å². The number of hydrogen-bond donors (Lipinski definition) is 4. The van der Waals surface area contributed by atoms with Crippen LogP contribution in [0.15, 0.2) is 48.8 Å². The van der Waals surface area contributed by atoms with Gasteiger partial charge in [0, 0.05) is 48.5 Å². The maximum Gasteiger partial charge on any atom is 0.222 e. The Kier molecular flexibility index (Phi) is 17.3. The second kappa shape index (κ2) is 20.0. The molecule has 7 N–H and O–H groups in total. The number of nitrogens with two attached hydrogens (primary N) is 3. The summed E-state index contributed by atoms with van der Waals surface area (Å²) >= 11 is 21.6. The number of rotatable bonds is 10. The summed E-state index contributed by atoms with van der Waals surface area (Å²) in [6.45, 7) is 2.97. The van der Waals surface area contributed by atoms with Crippen LogP contribution in [0.4, 0.5) is 40.5 Å². The molecule has 45 heavy (non-hydrogen) atoms. The molecule has 0 radical (unpaired) electrons. The summed E-state index contributed by atoms with van der Waals surface area (Å²) in [4.78, 5) is 19.4. The molecule has 0 bridgehead atoms. The maximum atomic E-state index is 6.12. The summed E-state index contributed by atoms with van der Waals surface area (Å²) in [6.07, 6.45) is 2.83. The fraction of sp³-hybridized carbons (Fsp3) is 0.286. The maximum absolute atomic E-state index is 6.12. The Morgan fingerprint density at radius 3 is 1.80 bits per heavy atom. The van der Waals surface area contributed by atoms with Gasteiger partial charge in [0.1, 0.15) is 5.02 Å². The van der Waals surface area contributed by atoms with E-state index in [0.29, 0.717) is 29.1 Å². The smallest absolute Gasteiger partial charge is 0.222 e. The van der Waals surface area contributed by atoms with Crippen molar-refractivity contribution < 1.29 is 9.47 Å². The van der Waals surface area contributed by atoms with Crippen molar-refractivity contribution in [1.82, 2.24) is 19.9 Å². The van der Waals surface area contributed by atoms with E-state index >= 15 is 0 Å². The Morgan fingerprint density at radius 1 is 0.756 bits per heavy atom. The number of likely N-dealkylation sites (N-methyl/N-ethyl adjacent to an activating group) is 2. The van der Waals surface area contributed by atoms with E-state index in [4.69, 9.17) is 61.5 Å². The molecule has 0 aliphatic heterocycles. The van der Waals surface area contributed by atoms with E-state index in [1.807, 2.05) is 44.4 Å². The van der Waals surface area contributed by atoms with Crippen molar-refractivity contribution in [3.05, 3.63) is 71.1 Å². The Labute approximate surface area is 305 Å². The lowest BCUT2D eigenvalue weighted by Gasteiger charge is -2.23. The van der Waals surface area contributed by atoms with Gasteiger partial charge in [0.05, 0.1) is 53.4 Å². The molecule has 244 valence electrons. The van der Waals surface area contributed by atoms with Gasteiger partial charge >= 0.3 is 0 Å². The van der Waals surface area contributed by atoms with Crippen LogP contribution >= 0.6 is 80.0 Å². The lowest BCUT2D eigenvalue weighted by Crippen LogP contribution is -2.23. The largest absolute Gasteiger partial charge is 0.397 e. The Bertz CT molecular complexity index is 1520. The number of nitrogens with zero attached hydrogens (tertiary/aromatic N) is 6. The highest BCUT2D eigenvalue weighted by Crippen LogP contribution is 2.32. The number of halogens is 5. The molecule has 0 amide bonds. The molecule has 0 spiro atoms. The lowest BCUT2D eigenvalue weighted by molar-refractivity contribution is 0.206. The first-order valence-electron chi connectivity index (χ1n) is 13.1. The zero-order chi connectivity index (χ0) is 33.5. The second-order valence-electron chi connectivity index (χ2n) is 9.11. The van der Waals surface area contributed by atoms with E-state index in [1.54, 1.807) is 14.2 Å². The summed E-state index contributed by atoms with van der Waals surface area (Å²) < 4.78 is 12.4. The molecular formula is C28H35Cl3I2N10O2. The third kappa shape index (κ3) is 13.5. The van der Waals surface area contributed by atoms with Gasteiger partial charge in [0.2, 0.25) is 11.9 Å². The Morgan fingerprint density at radius 2 is 1.27 bits per heavy atom. The van der Waals surface area contributed by atoms with Crippen LogP contribution in [-0.2, 0) is 9.47 Å². The van der Waals surface area contributed by atoms with Gasteiger partial charge in [0.15, 0.2) is 11.0 Å². The molecule has 0 aliphatic carbocycles. The number of nitrogens with one attached hydrogen (secondary N) is 1. The van der Waals surface area contributed by atoms with Gasteiger partial charge < -0.3 is 41.8 Å². The molecule has 4 aromatic rings. The fourth-order valence-electron chi connectivity index (χ4n) is 3.47. The normalized spacial score (nSPS) is 10.2. The molecule has 0 fully saturated rings. The first-order valence-corrected chi connectivity index (χ1v) is 16.4. The lowest BCUT2D eigenvalue weighted by atomic mass is 10.2. The van der Waals surface area contributed by atoms with Crippen molar-refractivity contribution in [3.63, 3.8) is 0 Å². The van der Waals surface area contributed by atoms with Crippen LogP contribution in [0.25, 0.3) is 0 Å². The van der Waals surface area contributed by atoms with Crippen LogP contribution in [-0.4, -0.2) is 74.6 Å². The average Bonchev–Trinajstić information content (AvgIpc) is 2.99. The van der Waals surface area contributed by atoms with Crippen LogP contribution in [0, 0.1) is 7.14 Å². The van der Waals surface area contributed by atoms with Gasteiger partial charge in [-0.1, -0.05) is 34.8 Å². The Balaban J connectivity index is 0.000000261. The quantitative estimate of drug-likeness (QED) is 0.0781. The molecule has 12 nitrogen and oxygen atoms in total. The molecule has 17 heteroatoms. The molecule has 2 heterocycles. The van der Waals surface area contributed by atoms with Crippen LogP contribution in [0.1, 0.15) is 0 Å². The van der Waals surface area contributed by atoms with Crippen LogP contribution in [0.3, 0.4) is 0 Å². The molecular weight excluding hydrogens is 869 g/mol. The number of ether oxygens (including phenoxy) is 2. The Hall–Kier alpha value is -2.35. The minimum Gasteiger partial charge on any atom is -0.397 e. The van der Waals surface area contributed by atoms with Crippen molar-refractivity contribution in [2.45, 2.75) is 0 Å². The second-order valence-corrected chi connectivity index (χ2v) is 12.8. The van der Waals surface area contributed by atoms with Gasteiger partial charge in [-0.15, -0.1) is 0 Å². The van der Waals surface area contributed by atoms with Crippen molar-refractivity contribution in [1.29, 1.82) is 0 Å². The van der Waals surface area contributed by atoms with Crippen LogP contribution < -0.4 is 32.3 Å². The molecule has 0 aliphatic rings. The number of hydrogen-bond acceptors (Lipinski definition) is 12. The average molecular weight is 904 g/mol. The predicted molar refractivity (Wildman–Crippen MR) is 204 cm³/mol. The van der Waals surface area contributed by atoms with E-state index in [1.165, 1.54) is 12.4 Å². The topological polar surface area (TPSA) is 167 Å². The van der Waals surface area contributed by atoms with E-state index in [0.717, 1.165) is 43.0 Å². The molecule has 2 aromatic heterocycles. The minimum atomic E-state index is 0.129. The number of nitrogen functional groups attached to an aromatic ring is 3. The molecule has 0 atom stereocenters. The molecule has 4 rings (SSSR count). The third-order valence-corrected chi connectivity index (χ3v) is 8.05. The molecule has 0 saturated carbocycles. The van der Waals surface area contributed by atoms with Gasteiger partial charge in [-0.3, -0.25) is 0 Å². The highest BCUT2D eigenvalue weighted by atomic mass is 127. The van der Waals surface area contributed by atoms with Gasteiger partial charge in [-0.05, 0) is 81.6 Å². The summed E-state index contributed by atoms with van der Waals surface area (Å²) in [5.41, 5.74) is 20.5. The number of aromatic nitrogens is 4. The van der Waals surface area contributed by atoms with Crippen LogP contribution in [0.2, 0.25) is 15.2 Å². The predicted octanol–water partition coefficient (Wildman–Crippen LogP) is 6.46. The van der Waals surface area contributed by atoms with Gasteiger partial charge in [-0.2, -0.15) is 9.97 Å².